The summed E-state index contributed by atoms with van der Waals surface area (Å²) in [5.41, 5.74) is 0. The van der Waals surface area contributed by atoms with Gasteiger partial charge >= 0.3 is 0 Å². The van der Waals surface area contributed by atoms with Gasteiger partial charge < -0.3 is 0 Å². The molecule has 0 spiro atoms. The average Bonchev–Trinajstić information content (AvgIpc) is 1.87. The van der Waals surface area contributed by atoms with Crippen LogP contribution in [0.3, 0.4) is 0 Å². The Bertz CT molecular complexity index is 127. The van der Waals surface area contributed by atoms with Crippen molar-refractivity contribution in [3.05, 3.63) is 0 Å². The monoisotopic (exact) mass is 139 g/mol. The Morgan fingerprint density at radius 2 is 2.00 bits per heavy atom. The second-order valence-electron chi connectivity index (χ2n) is 2.81. The second-order valence-corrected chi connectivity index (χ2v) is 2.81. The molecule has 10 heavy (non-hydrogen) atoms. The maximum absolute atomic E-state index is 3.12. The maximum Gasteiger partial charge on any atom is 0.0599 e. The molecule has 0 aliphatic carbocycles. The van der Waals surface area contributed by atoms with Gasteiger partial charge in [0.05, 0.1) is 6.54 Å². The smallest absolute Gasteiger partial charge is 0.0599 e. The third kappa shape index (κ3) is 5.65. The summed E-state index contributed by atoms with van der Waals surface area (Å²) < 4.78 is 0. The first-order valence-corrected chi connectivity index (χ1v) is 3.83. The van der Waals surface area contributed by atoms with Gasteiger partial charge in [0.15, 0.2) is 0 Å². The van der Waals surface area contributed by atoms with E-state index >= 15 is 0 Å². The van der Waals surface area contributed by atoms with Gasteiger partial charge in [-0.2, -0.15) is 0 Å². The van der Waals surface area contributed by atoms with Crippen molar-refractivity contribution >= 4 is 0 Å². The van der Waals surface area contributed by atoms with Crippen LogP contribution in [0.15, 0.2) is 0 Å². The van der Waals surface area contributed by atoms with Gasteiger partial charge in [-0.15, -0.1) is 0 Å². The zero-order valence-corrected chi connectivity index (χ0v) is 7.44. The Labute approximate surface area is 64.4 Å². The molecule has 0 bridgehead atoms. The molecule has 0 heterocycles. The molecule has 0 aliphatic heterocycles. The maximum atomic E-state index is 3.12. The van der Waals surface area contributed by atoms with Crippen LogP contribution in [0.4, 0.5) is 0 Å². The van der Waals surface area contributed by atoms with Gasteiger partial charge in [0.1, 0.15) is 0 Å². The third-order valence-corrected chi connectivity index (χ3v) is 1.28. The molecule has 0 fully saturated rings. The molecule has 0 unspecified atom stereocenters. The molecule has 0 rings (SSSR count). The van der Waals surface area contributed by atoms with Crippen molar-refractivity contribution in [3.63, 3.8) is 0 Å². The first kappa shape index (κ1) is 9.52. The van der Waals surface area contributed by atoms with Crippen molar-refractivity contribution in [2.45, 2.75) is 20.8 Å². The van der Waals surface area contributed by atoms with Gasteiger partial charge in [0, 0.05) is 5.92 Å². The van der Waals surface area contributed by atoms with Crippen molar-refractivity contribution in [1.82, 2.24) is 4.90 Å². The quantitative estimate of drug-likeness (QED) is 0.525. The Balaban J connectivity index is 3.45. The van der Waals surface area contributed by atoms with Crippen LogP contribution >= 0.6 is 0 Å². The molecule has 1 nitrogen and oxygen atoms in total. The van der Waals surface area contributed by atoms with Crippen molar-refractivity contribution in [2.24, 2.45) is 5.92 Å². The van der Waals surface area contributed by atoms with E-state index in [9.17, 15) is 0 Å². The van der Waals surface area contributed by atoms with Gasteiger partial charge in [0.2, 0.25) is 0 Å². The Hall–Kier alpha value is -0.480. The summed E-state index contributed by atoms with van der Waals surface area (Å²) >= 11 is 0. The molecule has 1 heteroatoms. The Kier molecular flexibility index (Phi) is 5.06. The fourth-order valence-electron chi connectivity index (χ4n) is 0.497. The molecular weight excluding hydrogens is 122 g/mol. The number of rotatable bonds is 2. The van der Waals surface area contributed by atoms with E-state index in [0.717, 1.165) is 13.1 Å². The number of nitrogens with zero attached hydrogens (tertiary/aromatic N) is 1. The lowest BCUT2D eigenvalue weighted by Gasteiger charge is -2.07. The highest BCUT2D eigenvalue weighted by molar-refractivity contribution is 5.02. The predicted molar refractivity (Wildman–Crippen MR) is 45.8 cm³/mol. The van der Waals surface area contributed by atoms with Crippen LogP contribution < -0.4 is 0 Å². The van der Waals surface area contributed by atoms with Gasteiger partial charge in [-0.1, -0.05) is 32.6 Å². The topological polar surface area (TPSA) is 3.24 Å². The van der Waals surface area contributed by atoms with Crippen molar-refractivity contribution in [1.29, 1.82) is 0 Å². The molecule has 0 aromatic heterocycles. The fourth-order valence-corrected chi connectivity index (χ4v) is 0.497. The van der Waals surface area contributed by atoms with Crippen molar-refractivity contribution < 1.29 is 0 Å². The number of hydrogen-bond acceptors (Lipinski definition) is 1. The van der Waals surface area contributed by atoms with E-state index in [1.54, 1.807) is 0 Å². The second kappa shape index (κ2) is 5.32. The summed E-state index contributed by atoms with van der Waals surface area (Å²) in [5.74, 6) is 6.74. The van der Waals surface area contributed by atoms with Crippen LogP contribution in [-0.4, -0.2) is 25.0 Å². The standard InChI is InChI=1S/C9H17N/c1-5-10(4)8-6-7-9(2)3/h9H,5,8H2,1-4H3. The Morgan fingerprint density at radius 3 is 2.40 bits per heavy atom. The van der Waals surface area contributed by atoms with Gasteiger partial charge in [-0.3, -0.25) is 4.90 Å². The molecule has 0 saturated heterocycles. The fraction of sp³-hybridized carbons (Fsp3) is 0.778. The minimum Gasteiger partial charge on any atom is -0.296 e. The van der Waals surface area contributed by atoms with E-state index in [1.165, 1.54) is 0 Å². The lowest BCUT2D eigenvalue weighted by atomic mass is 10.2. The molecule has 0 amide bonds. The summed E-state index contributed by atoms with van der Waals surface area (Å²) in [5, 5.41) is 0. The highest BCUT2D eigenvalue weighted by atomic mass is 15.1. The lowest BCUT2D eigenvalue weighted by Crippen LogP contribution is -2.17. The van der Waals surface area contributed by atoms with Crippen LogP contribution in [-0.2, 0) is 0 Å². The molecule has 0 N–H and O–H groups in total. The van der Waals surface area contributed by atoms with Crippen LogP contribution in [0, 0.1) is 17.8 Å². The molecule has 0 atom stereocenters. The van der Waals surface area contributed by atoms with Crippen LogP contribution in [0.2, 0.25) is 0 Å². The van der Waals surface area contributed by atoms with Crippen LogP contribution in [0.25, 0.3) is 0 Å². The highest BCUT2D eigenvalue weighted by Gasteiger charge is 1.87. The van der Waals surface area contributed by atoms with Crippen LogP contribution in [0.1, 0.15) is 20.8 Å². The summed E-state index contributed by atoms with van der Waals surface area (Å²) in [6.07, 6.45) is 0. The van der Waals surface area contributed by atoms with E-state index < -0.39 is 0 Å². The third-order valence-electron chi connectivity index (χ3n) is 1.28. The van der Waals surface area contributed by atoms with E-state index in [0.29, 0.717) is 5.92 Å². The van der Waals surface area contributed by atoms with E-state index in [1.807, 2.05) is 0 Å². The highest BCUT2D eigenvalue weighted by Crippen LogP contribution is 1.85. The predicted octanol–water partition coefficient (Wildman–Crippen LogP) is 1.60. The molecule has 0 aromatic rings. The minimum absolute atomic E-state index is 0.505. The molecule has 0 aliphatic rings. The zero-order valence-electron chi connectivity index (χ0n) is 7.44. The first-order chi connectivity index (χ1) is 4.66. The van der Waals surface area contributed by atoms with Crippen LogP contribution in [0.5, 0.6) is 0 Å². The zero-order chi connectivity index (χ0) is 7.98. The van der Waals surface area contributed by atoms with E-state index in [-0.39, 0.29) is 0 Å². The van der Waals surface area contributed by atoms with E-state index in [4.69, 9.17) is 0 Å². The summed E-state index contributed by atoms with van der Waals surface area (Å²) in [4.78, 5) is 2.19. The Morgan fingerprint density at radius 1 is 1.40 bits per heavy atom. The molecular formula is C9H17N. The van der Waals surface area contributed by atoms with Gasteiger partial charge in [-0.25, -0.2) is 0 Å². The van der Waals surface area contributed by atoms with Gasteiger partial charge in [0.25, 0.3) is 0 Å². The minimum atomic E-state index is 0.505. The summed E-state index contributed by atoms with van der Waals surface area (Å²) in [6.45, 7) is 8.33. The lowest BCUT2D eigenvalue weighted by molar-refractivity contribution is 0.398. The van der Waals surface area contributed by atoms with Crippen molar-refractivity contribution in [3.8, 4) is 11.8 Å². The average molecular weight is 139 g/mol. The molecule has 58 valence electrons. The molecule has 0 aromatic carbocycles. The largest absolute Gasteiger partial charge is 0.296 e. The normalized spacial score (nSPS) is 9.80. The summed E-state index contributed by atoms with van der Waals surface area (Å²) in [7, 11) is 2.08. The van der Waals surface area contributed by atoms with Gasteiger partial charge in [-0.05, 0) is 13.6 Å². The molecule has 0 radical (unpaired) electrons. The molecule has 0 saturated carbocycles. The van der Waals surface area contributed by atoms with E-state index in [2.05, 4.69) is 44.6 Å². The number of hydrogen-bond donors (Lipinski definition) is 0. The summed E-state index contributed by atoms with van der Waals surface area (Å²) in [6, 6.07) is 0. The first-order valence-electron chi connectivity index (χ1n) is 3.83. The van der Waals surface area contributed by atoms with Crippen molar-refractivity contribution in [2.75, 3.05) is 20.1 Å². The SMILES string of the molecule is CCN(C)CC#CC(C)C.